The van der Waals surface area contributed by atoms with Gasteiger partial charge in [0.2, 0.25) is 0 Å². The molecule has 1 aliphatic heterocycles. The summed E-state index contributed by atoms with van der Waals surface area (Å²) in [4.78, 5) is 5.70. The van der Waals surface area contributed by atoms with E-state index in [1.54, 1.807) is 12.5 Å². The first-order valence-corrected chi connectivity index (χ1v) is 7.53. The monoisotopic (exact) mass is 298 g/mol. The summed E-state index contributed by atoms with van der Waals surface area (Å²) in [7, 11) is 0. The molecule has 0 bridgehead atoms. The molecule has 1 saturated carbocycles. The Hall–Kier alpha value is -2.18. The highest BCUT2D eigenvalue weighted by Gasteiger charge is 2.41. The summed E-state index contributed by atoms with van der Waals surface area (Å²) in [5, 5.41) is 19.3. The summed E-state index contributed by atoms with van der Waals surface area (Å²) in [6.07, 6.45) is 7.35. The van der Waals surface area contributed by atoms with Crippen molar-refractivity contribution < 1.29 is 9.94 Å². The maximum atomic E-state index is 9.30. The van der Waals surface area contributed by atoms with Gasteiger partial charge in [-0.05, 0) is 24.5 Å². The molecule has 6 heteroatoms. The summed E-state index contributed by atoms with van der Waals surface area (Å²) >= 11 is 0. The normalized spacial score (nSPS) is 27.6. The first kappa shape index (κ1) is 13.5. The van der Waals surface area contributed by atoms with Gasteiger partial charge in [0.1, 0.15) is 6.26 Å². The van der Waals surface area contributed by atoms with Crippen molar-refractivity contribution in [3.8, 4) is 0 Å². The van der Waals surface area contributed by atoms with Crippen molar-refractivity contribution in [1.29, 1.82) is 0 Å². The van der Waals surface area contributed by atoms with E-state index in [1.807, 2.05) is 22.9 Å². The molecule has 2 aromatic rings. The second-order valence-electron chi connectivity index (χ2n) is 5.76. The molecule has 1 aromatic heterocycles. The Morgan fingerprint density at radius 2 is 2.00 bits per heavy atom. The first-order chi connectivity index (χ1) is 10.9. The zero-order valence-electron chi connectivity index (χ0n) is 12.1. The maximum absolute atomic E-state index is 9.30. The van der Waals surface area contributed by atoms with Gasteiger partial charge in [-0.15, -0.1) is 10.2 Å². The average molecular weight is 298 g/mol. The van der Waals surface area contributed by atoms with Crippen molar-refractivity contribution in [3.05, 3.63) is 60.1 Å². The van der Waals surface area contributed by atoms with Crippen molar-refractivity contribution >= 4 is 0 Å². The van der Waals surface area contributed by atoms with Gasteiger partial charge in [0, 0.05) is 0 Å². The van der Waals surface area contributed by atoms with Crippen LogP contribution in [0.2, 0.25) is 0 Å². The summed E-state index contributed by atoms with van der Waals surface area (Å²) in [6.45, 7) is -0.0252. The second kappa shape index (κ2) is 5.55. The van der Waals surface area contributed by atoms with Crippen LogP contribution in [0.3, 0.4) is 0 Å². The number of hydroxylamine groups is 2. The number of benzene rings is 1. The lowest BCUT2D eigenvalue weighted by atomic mass is 9.85. The molecule has 1 aromatic carbocycles. The number of aromatic nitrogens is 3. The van der Waals surface area contributed by atoms with Gasteiger partial charge in [-0.3, -0.25) is 0 Å². The van der Waals surface area contributed by atoms with E-state index in [9.17, 15) is 5.11 Å². The molecular weight excluding hydrogens is 280 g/mol. The molecule has 22 heavy (non-hydrogen) atoms. The van der Waals surface area contributed by atoms with Crippen LogP contribution in [0.4, 0.5) is 0 Å². The minimum Gasteiger partial charge on any atom is -0.413 e. The van der Waals surface area contributed by atoms with Crippen molar-refractivity contribution in [3.63, 3.8) is 0 Å². The van der Waals surface area contributed by atoms with Gasteiger partial charge < -0.3 is 9.94 Å². The van der Waals surface area contributed by atoms with E-state index in [4.69, 9.17) is 4.84 Å². The minimum absolute atomic E-state index is 0.0252. The number of aliphatic hydroxyl groups excluding tert-OH is 1. The fourth-order valence-electron chi connectivity index (χ4n) is 3.20. The first-order valence-electron chi connectivity index (χ1n) is 7.53. The third kappa shape index (κ3) is 2.20. The molecule has 1 aliphatic carbocycles. The van der Waals surface area contributed by atoms with Crippen LogP contribution in [-0.2, 0) is 11.4 Å². The van der Waals surface area contributed by atoms with Crippen LogP contribution in [0.5, 0.6) is 0 Å². The van der Waals surface area contributed by atoms with E-state index < -0.39 is 0 Å². The lowest BCUT2D eigenvalue weighted by Crippen LogP contribution is -2.45. The van der Waals surface area contributed by atoms with E-state index in [0.717, 1.165) is 18.5 Å². The highest BCUT2D eigenvalue weighted by Crippen LogP contribution is 2.41. The van der Waals surface area contributed by atoms with Gasteiger partial charge >= 0.3 is 0 Å². The minimum atomic E-state index is -0.0252. The Morgan fingerprint density at radius 3 is 2.77 bits per heavy atom. The maximum Gasteiger partial charge on any atom is 0.109 e. The molecule has 0 radical (unpaired) electrons. The molecule has 1 atom stereocenters. The Labute approximate surface area is 128 Å². The highest BCUT2D eigenvalue weighted by molar-refractivity contribution is 5.24. The largest absolute Gasteiger partial charge is 0.413 e. The van der Waals surface area contributed by atoms with Gasteiger partial charge in [-0.25, -0.2) is 4.68 Å². The van der Waals surface area contributed by atoms with Crippen LogP contribution < -0.4 is 0 Å². The van der Waals surface area contributed by atoms with Gasteiger partial charge in [0.15, 0.2) is 0 Å². The third-order valence-electron chi connectivity index (χ3n) is 4.46. The quantitative estimate of drug-likeness (QED) is 0.935. The van der Waals surface area contributed by atoms with E-state index >= 15 is 0 Å². The van der Waals surface area contributed by atoms with Crippen LogP contribution >= 0.6 is 0 Å². The van der Waals surface area contributed by atoms with Crippen LogP contribution in [-0.4, -0.2) is 31.2 Å². The van der Waals surface area contributed by atoms with Gasteiger partial charge in [-0.2, -0.15) is 0 Å². The highest BCUT2D eigenvalue weighted by atomic mass is 16.7. The van der Waals surface area contributed by atoms with Crippen molar-refractivity contribution in [2.75, 3.05) is 0 Å². The van der Waals surface area contributed by atoms with E-state index in [2.05, 4.69) is 33.6 Å². The molecule has 0 spiro atoms. The van der Waals surface area contributed by atoms with Gasteiger partial charge in [0.25, 0.3) is 0 Å². The van der Waals surface area contributed by atoms with Crippen molar-refractivity contribution in [1.82, 2.24) is 20.1 Å². The van der Waals surface area contributed by atoms with Gasteiger partial charge in [-0.1, -0.05) is 35.5 Å². The molecule has 114 valence electrons. The Morgan fingerprint density at radius 1 is 1.18 bits per heavy atom. The lowest BCUT2D eigenvalue weighted by Gasteiger charge is -2.42. The molecular formula is C16H18N4O2. The number of hydrogen-bond acceptors (Lipinski definition) is 5. The van der Waals surface area contributed by atoms with Crippen LogP contribution in [0.15, 0.2) is 48.9 Å². The lowest BCUT2D eigenvalue weighted by molar-refractivity contribution is -0.168. The third-order valence-corrected chi connectivity index (χ3v) is 4.46. The van der Waals surface area contributed by atoms with Crippen LogP contribution in [0, 0.1) is 0 Å². The molecule has 1 unspecified atom stereocenters. The molecule has 4 rings (SSSR count). The van der Waals surface area contributed by atoms with E-state index in [1.165, 1.54) is 5.56 Å². The van der Waals surface area contributed by atoms with Crippen LogP contribution in [0.25, 0.3) is 0 Å². The summed E-state index contributed by atoms with van der Waals surface area (Å²) in [6, 6.07) is 11.2. The van der Waals surface area contributed by atoms with E-state index in [0.29, 0.717) is 6.04 Å². The number of aliphatic hydroxyl groups is 1. The summed E-state index contributed by atoms with van der Waals surface area (Å²) in [5.41, 5.74) is 2.00. The molecule has 0 saturated heterocycles. The predicted molar refractivity (Wildman–Crippen MR) is 79.3 cm³/mol. The SMILES string of the molecule is OCc1cnnn1[C@H]1C[C@@H](N2OC=CC2c2ccccc2)C1. The number of rotatable bonds is 4. The van der Waals surface area contributed by atoms with Crippen molar-refractivity contribution in [2.45, 2.75) is 37.6 Å². The number of hydrogen-bond donors (Lipinski definition) is 1. The number of nitrogens with zero attached hydrogens (tertiary/aromatic N) is 4. The van der Waals surface area contributed by atoms with Crippen LogP contribution in [0.1, 0.15) is 36.2 Å². The molecule has 2 aliphatic rings. The Bertz CT molecular complexity index is 664. The molecule has 6 nitrogen and oxygen atoms in total. The topological polar surface area (TPSA) is 63.4 Å². The van der Waals surface area contributed by atoms with Gasteiger partial charge in [0.05, 0.1) is 36.6 Å². The van der Waals surface area contributed by atoms with Crippen molar-refractivity contribution in [2.24, 2.45) is 0 Å². The summed E-state index contributed by atoms with van der Waals surface area (Å²) in [5.74, 6) is 0. The molecule has 2 heterocycles. The molecule has 1 fully saturated rings. The zero-order chi connectivity index (χ0) is 14.9. The smallest absolute Gasteiger partial charge is 0.109 e. The fourth-order valence-corrected chi connectivity index (χ4v) is 3.20. The van der Waals surface area contributed by atoms with E-state index in [-0.39, 0.29) is 18.7 Å². The Balaban J connectivity index is 1.44. The standard InChI is InChI=1S/C16H18N4O2/c21-11-15-10-17-18-19(15)13-8-14(9-13)20-16(6-7-22-20)12-4-2-1-3-5-12/h1-7,10,13-14,16,21H,8-9,11H2/t13-,14+,16?. The molecule has 1 N–H and O–H groups in total. The fraction of sp³-hybridized carbons (Fsp3) is 0.375. The zero-order valence-corrected chi connectivity index (χ0v) is 12.1. The predicted octanol–water partition coefficient (Wildman–Crippen LogP) is 1.98. The second-order valence-corrected chi connectivity index (χ2v) is 5.76. The Kier molecular flexibility index (Phi) is 3.40. The average Bonchev–Trinajstić information content (AvgIpc) is 3.16. The molecule has 0 amide bonds. The summed E-state index contributed by atoms with van der Waals surface area (Å²) < 4.78 is 1.83.